The average molecular weight is 449 g/mol. The van der Waals surface area contributed by atoms with Crippen LogP contribution in [0.15, 0.2) is 90.3 Å². The van der Waals surface area contributed by atoms with Crippen molar-refractivity contribution in [3.8, 4) is 0 Å². The van der Waals surface area contributed by atoms with Crippen LogP contribution in [0.25, 0.3) is 16.5 Å². The normalized spacial score (nSPS) is 12.6. The molecule has 0 aliphatic carbocycles. The molecule has 162 valence electrons. The summed E-state index contributed by atoms with van der Waals surface area (Å²) >= 11 is 0. The zero-order chi connectivity index (χ0) is 23.4. The molecule has 1 heterocycles. The van der Waals surface area contributed by atoms with Gasteiger partial charge in [-0.05, 0) is 35.3 Å². The summed E-state index contributed by atoms with van der Waals surface area (Å²) in [6, 6.07) is 22.4. The molecule has 1 aromatic heterocycles. The summed E-state index contributed by atoms with van der Waals surface area (Å²) in [7, 11) is -4.09. The Kier molecular flexibility index (Phi) is 5.53. The molecule has 0 saturated carbocycles. The van der Waals surface area contributed by atoms with Crippen LogP contribution in [0.3, 0.4) is 0 Å². The second-order valence-corrected chi connectivity index (χ2v) is 8.91. The van der Waals surface area contributed by atoms with E-state index in [1.807, 2.05) is 54.6 Å². The molecule has 0 amide bonds. The van der Waals surface area contributed by atoms with Crippen LogP contribution in [0, 0.1) is 10.1 Å². The van der Waals surface area contributed by atoms with Crippen LogP contribution < -0.4 is 4.72 Å². The summed E-state index contributed by atoms with van der Waals surface area (Å²) in [5.41, 5.74) is 3.55. The van der Waals surface area contributed by atoms with E-state index in [2.05, 4.69) is 9.71 Å². The lowest BCUT2D eigenvalue weighted by Gasteiger charge is -2.10. The van der Waals surface area contributed by atoms with Crippen molar-refractivity contribution >= 4 is 32.2 Å². The van der Waals surface area contributed by atoms with Crippen LogP contribution in [0.2, 0.25) is 0 Å². The molecule has 0 aliphatic heterocycles. The third kappa shape index (κ3) is 4.18. The third-order valence-corrected chi connectivity index (χ3v) is 6.69. The number of H-pyrrole nitrogens is 1. The van der Waals surface area contributed by atoms with Crippen molar-refractivity contribution < 1.29 is 14.7 Å². The van der Waals surface area contributed by atoms with E-state index in [1.54, 1.807) is 0 Å². The lowest BCUT2D eigenvalue weighted by molar-refractivity contribution is -0.387. The van der Waals surface area contributed by atoms with Crippen molar-refractivity contribution in [1.82, 2.24) is 9.71 Å². The molecule has 0 fully saturated rings. The molecule has 0 radical (unpaired) electrons. The largest absolute Gasteiger partial charge is 0.354 e. The number of nitrogens with one attached hydrogen (secondary N) is 2. The van der Waals surface area contributed by atoms with Crippen molar-refractivity contribution in [2.24, 2.45) is 0 Å². The Labute approximate surface area is 187 Å². The van der Waals surface area contributed by atoms with Gasteiger partial charge in [-0.15, -0.1) is 0 Å². The van der Waals surface area contributed by atoms with Crippen LogP contribution in [0.4, 0.5) is 5.69 Å². The molecule has 7 nitrogen and oxygen atoms in total. The molecule has 2 N–H and O–H groups in total. The van der Waals surface area contributed by atoms with Gasteiger partial charge in [-0.2, -0.15) is 0 Å². The number of para-hydroxylation sites is 2. The van der Waals surface area contributed by atoms with Gasteiger partial charge in [0.05, 0.1) is 6.29 Å². The monoisotopic (exact) mass is 448 g/mol. The molecule has 0 aliphatic rings. The quantitative estimate of drug-likeness (QED) is 0.302. The number of rotatable bonds is 8. The highest BCUT2D eigenvalue weighted by atomic mass is 32.2. The first-order valence-electron chi connectivity index (χ1n) is 10.5. The van der Waals surface area contributed by atoms with Gasteiger partial charge in [-0.25, -0.2) is 13.1 Å². The number of aromatic nitrogens is 1. The van der Waals surface area contributed by atoms with Gasteiger partial charge >= 0.3 is 0 Å². The summed E-state index contributed by atoms with van der Waals surface area (Å²) in [6.45, 7) is 1.31. The van der Waals surface area contributed by atoms with E-state index in [0.717, 1.165) is 33.8 Å². The number of hydrogen-bond donors (Lipinski definition) is 2. The van der Waals surface area contributed by atoms with Crippen LogP contribution >= 0.6 is 0 Å². The van der Waals surface area contributed by atoms with E-state index in [1.165, 1.54) is 24.8 Å². The zero-order valence-corrected chi connectivity index (χ0v) is 17.8. The average Bonchev–Trinajstić information content (AvgIpc) is 3.18. The Morgan fingerprint density at radius 3 is 2.47 bits per heavy atom. The van der Waals surface area contributed by atoms with Gasteiger partial charge in [-0.1, -0.05) is 67.2 Å². The zero-order valence-electron chi connectivity index (χ0n) is 18.0. The van der Waals surface area contributed by atoms with Crippen molar-refractivity contribution in [1.29, 1.82) is 0 Å². The maximum absolute atomic E-state index is 12.8. The summed E-state index contributed by atoms with van der Waals surface area (Å²) in [6.07, 6.45) is 0.323. The van der Waals surface area contributed by atoms with Crippen LogP contribution in [0.5, 0.6) is 0 Å². The molecule has 0 bridgehead atoms. The van der Waals surface area contributed by atoms with Gasteiger partial charge in [-0.3, -0.25) is 10.1 Å². The molecule has 0 unspecified atom stereocenters. The third-order valence-electron chi connectivity index (χ3n) is 5.19. The number of fused-ring (bicyclic) bond motifs is 1. The van der Waals surface area contributed by atoms with E-state index in [9.17, 15) is 18.5 Å². The molecule has 32 heavy (non-hydrogen) atoms. The number of sulfonamides is 1. The van der Waals surface area contributed by atoms with E-state index in [0.29, 0.717) is 12.0 Å². The highest BCUT2D eigenvalue weighted by molar-refractivity contribution is 7.89. The van der Waals surface area contributed by atoms with E-state index in [-0.39, 0.29) is 11.4 Å². The first-order valence-corrected chi connectivity index (χ1v) is 11.4. The molecular weight excluding hydrogens is 426 g/mol. The summed E-state index contributed by atoms with van der Waals surface area (Å²) in [4.78, 5) is 13.5. The first kappa shape index (κ1) is 20.2. The minimum Gasteiger partial charge on any atom is -0.354 e. The van der Waals surface area contributed by atoms with Crippen molar-refractivity contribution in [3.63, 3.8) is 0 Å². The Balaban J connectivity index is 1.66. The Morgan fingerprint density at radius 1 is 1.03 bits per heavy atom. The second kappa shape index (κ2) is 8.78. The maximum atomic E-state index is 12.8. The SMILES string of the molecule is [2H]C=C(c1ccccc1)c1[nH]c2ccccc2c1CCNS(=O)(=O)c1ccccc1[N+](=O)[O-]. The highest BCUT2D eigenvalue weighted by Crippen LogP contribution is 2.31. The van der Waals surface area contributed by atoms with Gasteiger partial charge in [0.2, 0.25) is 10.0 Å². The Hall–Kier alpha value is -3.75. The molecule has 3 aromatic carbocycles. The molecular formula is C24H21N3O4S. The number of nitrogens with zero attached hydrogens (tertiary/aromatic N) is 1. The van der Waals surface area contributed by atoms with Crippen molar-refractivity contribution in [2.75, 3.05) is 6.54 Å². The molecule has 0 atom stereocenters. The highest BCUT2D eigenvalue weighted by Gasteiger charge is 2.25. The summed E-state index contributed by atoms with van der Waals surface area (Å²) in [5.74, 6) is 0. The van der Waals surface area contributed by atoms with Crippen molar-refractivity contribution in [2.45, 2.75) is 11.3 Å². The lowest BCUT2D eigenvalue weighted by Crippen LogP contribution is -2.26. The Morgan fingerprint density at radius 2 is 1.72 bits per heavy atom. The van der Waals surface area contributed by atoms with Crippen molar-refractivity contribution in [3.05, 3.63) is 112 Å². The van der Waals surface area contributed by atoms with E-state index >= 15 is 0 Å². The fraction of sp³-hybridized carbons (Fsp3) is 0.0833. The van der Waals surface area contributed by atoms with E-state index < -0.39 is 20.6 Å². The summed E-state index contributed by atoms with van der Waals surface area (Å²) < 4.78 is 36.0. The smallest absolute Gasteiger partial charge is 0.289 e. The van der Waals surface area contributed by atoms with Gasteiger partial charge in [0.1, 0.15) is 0 Å². The van der Waals surface area contributed by atoms with Gasteiger partial charge < -0.3 is 4.98 Å². The van der Waals surface area contributed by atoms with Gasteiger partial charge in [0.15, 0.2) is 4.90 Å². The standard InChI is InChI=1S/C24H21N3O4S/c1-17(18-9-3-2-4-10-18)24-20(19-11-5-6-12-21(19)26-24)15-16-25-32(30,31)23-14-8-7-13-22(23)27(28)29/h2-14,25-26H,1,15-16H2/i1D. The van der Waals surface area contributed by atoms with Crippen LogP contribution in [-0.2, 0) is 16.4 Å². The predicted molar refractivity (Wildman–Crippen MR) is 125 cm³/mol. The molecule has 8 heteroatoms. The van der Waals surface area contributed by atoms with Gasteiger partial charge in [0, 0.05) is 29.2 Å². The number of benzene rings is 3. The summed E-state index contributed by atoms with van der Waals surface area (Å²) in [5, 5.41) is 12.2. The fourth-order valence-electron chi connectivity index (χ4n) is 3.68. The van der Waals surface area contributed by atoms with Crippen LogP contribution in [0.1, 0.15) is 18.2 Å². The second-order valence-electron chi connectivity index (χ2n) is 7.18. The predicted octanol–water partition coefficient (Wildman–Crippen LogP) is 4.66. The Bertz CT molecular complexity index is 1450. The molecule has 4 rings (SSSR count). The minimum absolute atomic E-state index is 0.0311. The molecule has 0 spiro atoms. The number of aromatic amines is 1. The lowest BCUT2D eigenvalue weighted by atomic mass is 9.99. The molecule has 0 saturated heterocycles. The van der Waals surface area contributed by atoms with E-state index in [4.69, 9.17) is 1.37 Å². The topological polar surface area (TPSA) is 105 Å². The van der Waals surface area contributed by atoms with Crippen LogP contribution in [-0.4, -0.2) is 24.9 Å². The first-order chi connectivity index (χ1) is 15.9. The minimum atomic E-state index is -4.09. The number of hydrogen-bond acceptors (Lipinski definition) is 4. The maximum Gasteiger partial charge on any atom is 0.289 e. The number of nitro benzene ring substituents is 1. The van der Waals surface area contributed by atoms with Gasteiger partial charge in [0.25, 0.3) is 5.69 Å². The fourth-order valence-corrected chi connectivity index (χ4v) is 4.88. The molecule has 4 aromatic rings. The number of nitro groups is 1.